The average Bonchev–Trinajstić information content (AvgIpc) is 2.66. The maximum atomic E-state index is 12.9. The summed E-state index contributed by atoms with van der Waals surface area (Å²) in [7, 11) is 0. The zero-order chi connectivity index (χ0) is 18.7. The molecule has 138 valence electrons. The Morgan fingerprint density at radius 2 is 1.96 bits per heavy atom. The van der Waals surface area contributed by atoms with Gasteiger partial charge in [0.25, 0.3) is 0 Å². The van der Waals surface area contributed by atoms with E-state index in [-0.39, 0.29) is 18.4 Å². The summed E-state index contributed by atoms with van der Waals surface area (Å²) in [4.78, 5) is 24.3. The third-order valence-electron chi connectivity index (χ3n) is 5.14. The predicted octanol–water partition coefficient (Wildman–Crippen LogP) is 3.01. The second-order valence-corrected chi connectivity index (χ2v) is 6.80. The lowest BCUT2D eigenvalue weighted by Crippen LogP contribution is -2.58. The molecule has 1 saturated heterocycles. The Hall–Kier alpha value is -2.60. The van der Waals surface area contributed by atoms with Gasteiger partial charge < -0.3 is 10.1 Å². The molecule has 1 aromatic rings. The number of rotatable bonds is 4. The molecule has 6 heteroatoms. The van der Waals surface area contributed by atoms with Crippen molar-refractivity contribution in [2.24, 2.45) is 5.41 Å². The number of amides is 2. The molecule has 2 atom stereocenters. The summed E-state index contributed by atoms with van der Waals surface area (Å²) in [5, 5.41) is 13.0. The highest BCUT2D eigenvalue weighted by Gasteiger charge is 2.39. The number of ether oxygens (including phenoxy) is 1. The van der Waals surface area contributed by atoms with Crippen molar-refractivity contribution in [3.8, 4) is 0 Å². The van der Waals surface area contributed by atoms with Gasteiger partial charge >= 0.3 is 6.09 Å². The third-order valence-corrected chi connectivity index (χ3v) is 5.14. The van der Waals surface area contributed by atoms with Crippen LogP contribution in [0, 0.1) is 5.41 Å². The average molecular weight is 356 g/mol. The highest BCUT2D eigenvalue weighted by molar-refractivity contribution is 5.87. The molecule has 0 radical (unpaired) electrons. The molecule has 1 fully saturated rings. The van der Waals surface area contributed by atoms with Gasteiger partial charge in [0.05, 0.1) is 18.0 Å². The molecule has 1 aromatic carbocycles. The summed E-state index contributed by atoms with van der Waals surface area (Å²) in [6, 6.07) is 9.63. The molecule has 2 aliphatic rings. The number of carbonyl (C=O) groups is 2. The minimum Gasteiger partial charge on any atom is -0.443 e. The molecule has 1 heterocycles. The Bertz CT molecular complexity index is 715. The zero-order valence-electron chi connectivity index (χ0n) is 15.0. The number of hydrogen-bond donors (Lipinski definition) is 2. The van der Waals surface area contributed by atoms with E-state index in [1.165, 1.54) is 5.56 Å². The van der Waals surface area contributed by atoms with Crippen molar-refractivity contribution < 1.29 is 19.5 Å². The maximum Gasteiger partial charge on any atom is 0.434 e. The molecule has 0 unspecified atom stereocenters. The first-order valence-corrected chi connectivity index (χ1v) is 8.87. The standard InChI is InChI=1S/C20H24N2O4/c1-3-20(11-9-16(10-12-20)15-7-5-4-6-8-15)18(23)21-17-13-22(25)19(24)26-14(17)2/h4-12,14,16-17,25H,3,13H2,1-2H3,(H,21,23)/t14-,16?,17-,20?/m1/s1. The van der Waals surface area contributed by atoms with E-state index in [4.69, 9.17) is 4.74 Å². The number of allylic oxidation sites excluding steroid dienone is 2. The van der Waals surface area contributed by atoms with E-state index in [9.17, 15) is 14.8 Å². The fraction of sp³-hybridized carbons (Fsp3) is 0.400. The molecular formula is C20H24N2O4. The predicted molar refractivity (Wildman–Crippen MR) is 96.6 cm³/mol. The van der Waals surface area contributed by atoms with Gasteiger partial charge in [-0.3, -0.25) is 10.0 Å². The summed E-state index contributed by atoms with van der Waals surface area (Å²) in [6.07, 6.45) is 7.28. The normalized spacial score (nSPS) is 30.8. The van der Waals surface area contributed by atoms with E-state index in [0.717, 1.165) is 0 Å². The second-order valence-electron chi connectivity index (χ2n) is 6.80. The maximum absolute atomic E-state index is 12.9. The third kappa shape index (κ3) is 3.51. The van der Waals surface area contributed by atoms with E-state index in [1.807, 2.05) is 49.4 Å². The number of cyclic esters (lactones) is 1. The lowest BCUT2D eigenvalue weighted by atomic mass is 9.77. The lowest BCUT2D eigenvalue weighted by Gasteiger charge is -2.36. The van der Waals surface area contributed by atoms with Crippen LogP contribution in [-0.2, 0) is 9.53 Å². The van der Waals surface area contributed by atoms with E-state index in [2.05, 4.69) is 17.4 Å². The summed E-state index contributed by atoms with van der Waals surface area (Å²) < 4.78 is 5.03. The molecule has 26 heavy (non-hydrogen) atoms. The SMILES string of the molecule is CCC1(C(=O)N[C@@H]2CN(O)C(=O)O[C@@H]2C)C=CC(c2ccccc2)C=C1. The Morgan fingerprint density at radius 1 is 1.31 bits per heavy atom. The van der Waals surface area contributed by atoms with Gasteiger partial charge in [-0.15, -0.1) is 0 Å². The van der Waals surface area contributed by atoms with Crippen LogP contribution >= 0.6 is 0 Å². The Labute approximate surface area is 153 Å². The Balaban J connectivity index is 1.71. The zero-order valence-corrected chi connectivity index (χ0v) is 15.0. The van der Waals surface area contributed by atoms with Crippen molar-refractivity contribution in [1.82, 2.24) is 10.4 Å². The first kappa shape index (κ1) is 18.2. The Kier molecular flexibility index (Phi) is 5.13. The fourth-order valence-electron chi connectivity index (χ4n) is 3.29. The van der Waals surface area contributed by atoms with Crippen molar-refractivity contribution >= 4 is 12.0 Å². The Morgan fingerprint density at radius 3 is 2.58 bits per heavy atom. The molecular weight excluding hydrogens is 332 g/mol. The monoisotopic (exact) mass is 356 g/mol. The van der Waals surface area contributed by atoms with Crippen LogP contribution in [0.4, 0.5) is 4.79 Å². The van der Waals surface area contributed by atoms with E-state index in [1.54, 1.807) is 6.92 Å². The van der Waals surface area contributed by atoms with Crippen molar-refractivity contribution in [3.63, 3.8) is 0 Å². The molecule has 2 N–H and O–H groups in total. The molecule has 0 spiro atoms. The van der Waals surface area contributed by atoms with Crippen LogP contribution in [0.5, 0.6) is 0 Å². The molecule has 0 saturated carbocycles. The van der Waals surface area contributed by atoms with Crippen LogP contribution in [0.1, 0.15) is 31.7 Å². The number of hydrogen-bond acceptors (Lipinski definition) is 4. The number of hydroxylamine groups is 2. The van der Waals surface area contributed by atoms with Gasteiger partial charge in [0.2, 0.25) is 5.91 Å². The summed E-state index contributed by atoms with van der Waals surface area (Å²) in [6.45, 7) is 3.66. The van der Waals surface area contributed by atoms with Crippen molar-refractivity contribution in [2.45, 2.75) is 38.3 Å². The van der Waals surface area contributed by atoms with Gasteiger partial charge in [0.1, 0.15) is 6.10 Å². The molecule has 0 bridgehead atoms. The van der Waals surface area contributed by atoms with Crippen LogP contribution in [0.15, 0.2) is 54.6 Å². The summed E-state index contributed by atoms with van der Waals surface area (Å²) in [5.41, 5.74) is 0.432. The molecule has 6 nitrogen and oxygen atoms in total. The summed E-state index contributed by atoms with van der Waals surface area (Å²) >= 11 is 0. The van der Waals surface area contributed by atoms with Crippen LogP contribution in [0.25, 0.3) is 0 Å². The minimum atomic E-state index is -0.795. The second kappa shape index (κ2) is 7.33. The van der Waals surface area contributed by atoms with Gasteiger partial charge in [0.15, 0.2) is 0 Å². The van der Waals surface area contributed by atoms with Crippen molar-refractivity contribution in [2.75, 3.05) is 6.54 Å². The van der Waals surface area contributed by atoms with Gasteiger partial charge in [0, 0.05) is 5.92 Å². The van der Waals surface area contributed by atoms with Crippen LogP contribution in [-0.4, -0.2) is 41.0 Å². The number of nitrogens with zero attached hydrogens (tertiary/aromatic N) is 1. The minimum absolute atomic E-state index is 0.00556. The first-order chi connectivity index (χ1) is 12.4. The van der Waals surface area contributed by atoms with Gasteiger partial charge in [-0.2, -0.15) is 5.06 Å². The van der Waals surface area contributed by atoms with Crippen LogP contribution in [0.2, 0.25) is 0 Å². The molecule has 1 aliphatic carbocycles. The van der Waals surface area contributed by atoms with Gasteiger partial charge in [-0.25, -0.2) is 4.79 Å². The van der Waals surface area contributed by atoms with E-state index < -0.39 is 23.7 Å². The highest BCUT2D eigenvalue weighted by Crippen LogP contribution is 2.35. The highest BCUT2D eigenvalue weighted by atomic mass is 16.6. The number of nitrogens with one attached hydrogen (secondary N) is 1. The summed E-state index contributed by atoms with van der Waals surface area (Å²) in [5.74, 6) is -0.0200. The lowest BCUT2D eigenvalue weighted by molar-refractivity contribution is -0.138. The van der Waals surface area contributed by atoms with Crippen molar-refractivity contribution in [1.29, 1.82) is 0 Å². The van der Waals surface area contributed by atoms with Gasteiger partial charge in [-0.1, -0.05) is 61.6 Å². The fourth-order valence-corrected chi connectivity index (χ4v) is 3.29. The first-order valence-electron chi connectivity index (χ1n) is 8.87. The van der Waals surface area contributed by atoms with E-state index in [0.29, 0.717) is 11.5 Å². The van der Waals surface area contributed by atoms with Gasteiger partial charge in [-0.05, 0) is 18.9 Å². The molecule has 3 rings (SSSR count). The van der Waals surface area contributed by atoms with Crippen LogP contribution in [0.3, 0.4) is 0 Å². The quantitative estimate of drug-likeness (QED) is 0.642. The molecule has 0 aromatic heterocycles. The van der Waals surface area contributed by atoms with Crippen molar-refractivity contribution in [3.05, 3.63) is 60.2 Å². The smallest absolute Gasteiger partial charge is 0.434 e. The molecule has 2 amide bonds. The topological polar surface area (TPSA) is 78.9 Å². The largest absolute Gasteiger partial charge is 0.443 e. The van der Waals surface area contributed by atoms with E-state index >= 15 is 0 Å². The van der Waals surface area contributed by atoms with Crippen LogP contribution < -0.4 is 5.32 Å². The number of carbonyl (C=O) groups excluding carboxylic acids is 2. The molecule has 1 aliphatic heterocycles. The number of benzene rings is 1.